The molecule has 2 N–H and O–H groups in total. The highest BCUT2D eigenvalue weighted by molar-refractivity contribution is 6.11. The lowest BCUT2D eigenvalue weighted by atomic mass is 9.87. The Morgan fingerprint density at radius 1 is 1.08 bits per heavy atom. The van der Waals surface area contributed by atoms with Gasteiger partial charge in [-0.2, -0.15) is 0 Å². The third kappa shape index (κ3) is 3.08. The van der Waals surface area contributed by atoms with Crippen molar-refractivity contribution in [2.75, 3.05) is 5.32 Å². The summed E-state index contributed by atoms with van der Waals surface area (Å²) in [5.41, 5.74) is 1.68. The van der Waals surface area contributed by atoms with E-state index in [1.807, 2.05) is 36.4 Å². The molecule has 0 saturated carbocycles. The standard InChI is InChI=1S/C20H20N2O2/c1-20(2,3)14-8-9-17(23)16(12-14)22-19(24)18-15-7-5-4-6-13(15)10-11-21-18/h4-12,23H,1-3H3,(H,22,24). The maximum absolute atomic E-state index is 12.7. The van der Waals surface area contributed by atoms with Gasteiger partial charge in [0, 0.05) is 11.6 Å². The van der Waals surface area contributed by atoms with Crippen LogP contribution in [0.4, 0.5) is 5.69 Å². The smallest absolute Gasteiger partial charge is 0.275 e. The van der Waals surface area contributed by atoms with Gasteiger partial charge in [0.25, 0.3) is 5.91 Å². The summed E-state index contributed by atoms with van der Waals surface area (Å²) >= 11 is 0. The molecule has 3 aromatic rings. The number of hydrogen-bond donors (Lipinski definition) is 2. The summed E-state index contributed by atoms with van der Waals surface area (Å²) in [4.78, 5) is 16.9. The minimum absolute atomic E-state index is 0.0385. The van der Waals surface area contributed by atoms with Crippen LogP contribution < -0.4 is 5.32 Å². The number of nitrogens with zero attached hydrogens (tertiary/aromatic N) is 1. The third-order valence-electron chi connectivity index (χ3n) is 4.00. The molecule has 2 aromatic carbocycles. The highest BCUT2D eigenvalue weighted by Crippen LogP contribution is 2.31. The molecule has 4 heteroatoms. The highest BCUT2D eigenvalue weighted by Gasteiger charge is 2.18. The molecule has 0 radical (unpaired) electrons. The lowest BCUT2D eigenvalue weighted by Crippen LogP contribution is -2.16. The molecule has 0 atom stereocenters. The van der Waals surface area contributed by atoms with Crippen molar-refractivity contribution in [2.24, 2.45) is 0 Å². The number of carbonyl (C=O) groups excluding carboxylic acids is 1. The zero-order valence-electron chi connectivity index (χ0n) is 14.0. The van der Waals surface area contributed by atoms with E-state index in [4.69, 9.17) is 0 Å². The monoisotopic (exact) mass is 320 g/mol. The average molecular weight is 320 g/mol. The number of phenolic OH excluding ortho intramolecular Hbond substituents is 1. The first kappa shape index (κ1) is 16.0. The molecule has 1 amide bonds. The Labute approximate surface area is 141 Å². The van der Waals surface area contributed by atoms with Gasteiger partial charge in [-0.1, -0.05) is 51.1 Å². The van der Waals surface area contributed by atoms with Crippen LogP contribution in [0, 0.1) is 0 Å². The lowest BCUT2D eigenvalue weighted by Gasteiger charge is -2.20. The van der Waals surface area contributed by atoms with E-state index in [9.17, 15) is 9.90 Å². The van der Waals surface area contributed by atoms with Gasteiger partial charge in [0.2, 0.25) is 0 Å². The van der Waals surface area contributed by atoms with Crippen molar-refractivity contribution < 1.29 is 9.90 Å². The van der Waals surface area contributed by atoms with E-state index in [1.54, 1.807) is 18.3 Å². The number of benzene rings is 2. The largest absolute Gasteiger partial charge is 0.506 e. The first-order chi connectivity index (χ1) is 11.4. The quantitative estimate of drug-likeness (QED) is 0.684. The van der Waals surface area contributed by atoms with Gasteiger partial charge in [0.05, 0.1) is 5.69 Å². The van der Waals surface area contributed by atoms with Gasteiger partial charge < -0.3 is 10.4 Å². The highest BCUT2D eigenvalue weighted by atomic mass is 16.3. The van der Waals surface area contributed by atoms with Crippen molar-refractivity contribution in [1.82, 2.24) is 4.98 Å². The summed E-state index contributed by atoms with van der Waals surface area (Å²) in [6.07, 6.45) is 1.61. The molecule has 24 heavy (non-hydrogen) atoms. The normalized spacial score (nSPS) is 11.5. The van der Waals surface area contributed by atoms with E-state index in [1.165, 1.54) is 0 Å². The molecule has 0 unspecified atom stereocenters. The number of phenols is 1. The lowest BCUT2D eigenvalue weighted by molar-refractivity contribution is 0.102. The molecule has 1 heterocycles. The Morgan fingerprint density at radius 3 is 2.58 bits per heavy atom. The van der Waals surface area contributed by atoms with Gasteiger partial charge >= 0.3 is 0 Å². The molecule has 0 spiro atoms. The van der Waals surface area contributed by atoms with E-state index in [0.717, 1.165) is 16.3 Å². The van der Waals surface area contributed by atoms with Crippen molar-refractivity contribution in [3.8, 4) is 5.75 Å². The molecule has 3 rings (SSSR count). The van der Waals surface area contributed by atoms with Crippen LogP contribution in [-0.4, -0.2) is 16.0 Å². The Bertz CT molecular complexity index is 906. The minimum Gasteiger partial charge on any atom is -0.506 e. The molecule has 0 bridgehead atoms. The molecular weight excluding hydrogens is 300 g/mol. The zero-order valence-corrected chi connectivity index (χ0v) is 14.0. The molecule has 4 nitrogen and oxygen atoms in total. The van der Waals surface area contributed by atoms with Crippen molar-refractivity contribution in [3.63, 3.8) is 0 Å². The van der Waals surface area contributed by atoms with E-state index in [2.05, 4.69) is 31.1 Å². The van der Waals surface area contributed by atoms with E-state index >= 15 is 0 Å². The molecule has 0 fully saturated rings. The predicted octanol–water partition coefficient (Wildman–Crippen LogP) is 4.49. The topological polar surface area (TPSA) is 62.2 Å². The Kier molecular flexibility index (Phi) is 3.97. The molecule has 0 aliphatic carbocycles. The average Bonchev–Trinajstić information content (AvgIpc) is 2.55. The maximum Gasteiger partial charge on any atom is 0.275 e. The number of nitrogens with one attached hydrogen (secondary N) is 1. The molecule has 0 aliphatic rings. The number of carbonyl (C=O) groups is 1. The van der Waals surface area contributed by atoms with E-state index < -0.39 is 0 Å². The number of hydrogen-bond acceptors (Lipinski definition) is 3. The fourth-order valence-electron chi connectivity index (χ4n) is 2.58. The van der Waals surface area contributed by atoms with Crippen molar-refractivity contribution in [1.29, 1.82) is 0 Å². The van der Waals surface area contributed by atoms with Gasteiger partial charge in [-0.15, -0.1) is 0 Å². The molecular formula is C20H20N2O2. The van der Waals surface area contributed by atoms with Crippen LogP contribution in [0.25, 0.3) is 10.8 Å². The number of fused-ring (bicyclic) bond motifs is 1. The van der Waals surface area contributed by atoms with Gasteiger partial charge in [-0.25, -0.2) is 0 Å². The van der Waals surface area contributed by atoms with Gasteiger partial charge in [-0.3, -0.25) is 9.78 Å². The van der Waals surface area contributed by atoms with Crippen molar-refractivity contribution >= 4 is 22.4 Å². The fourth-order valence-corrected chi connectivity index (χ4v) is 2.58. The molecule has 1 aromatic heterocycles. The molecule has 0 aliphatic heterocycles. The number of rotatable bonds is 2. The van der Waals surface area contributed by atoms with Crippen LogP contribution in [0.2, 0.25) is 0 Å². The van der Waals surface area contributed by atoms with Gasteiger partial charge in [-0.05, 0) is 34.6 Å². The third-order valence-corrected chi connectivity index (χ3v) is 4.00. The van der Waals surface area contributed by atoms with Crippen LogP contribution >= 0.6 is 0 Å². The SMILES string of the molecule is CC(C)(C)c1ccc(O)c(NC(=O)c2nccc3ccccc23)c1. The summed E-state index contributed by atoms with van der Waals surface area (Å²) in [6, 6.07) is 14.7. The van der Waals surface area contributed by atoms with Crippen LogP contribution in [0.3, 0.4) is 0 Å². The second-order valence-electron chi connectivity index (χ2n) is 6.82. The summed E-state index contributed by atoms with van der Waals surface area (Å²) < 4.78 is 0. The second kappa shape index (κ2) is 5.96. The van der Waals surface area contributed by atoms with Gasteiger partial charge in [0.15, 0.2) is 0 Å². The fraction of sp³-hybridized carbons (Fsp3) is 0.200. The summed E-state index contributed by atoms with van der Waals surface area (Å²) in [5, 5.41) is 14.6. The number of anilines is 1. The maximum atomic E-state index is 12.7. The Morgan fingerprint density at radius 2 is 1.83 bits per heavy atom. The van der Waals surface area contributed by atoms with Crippen LogP contribution in [0.15, 0.2) is 54.7 Å². The number of pyridine rings is 1. The molecule has 122 valence electrons. The zero-order chi connectivity index (χ0) is 17.3. The number of amides is 1. The first-order valence-corrected chi connectivity index (χ1v) is 7.85. The van der Waals surface area contributed by atoms with E-state index in [0.29, 0.717) is 11.4 Å². The summed E-state index contributed by atoms with van der Waals surface area (Å²) in [5.74, 6) is -0.301. The van der Waals surface area contributed by atoms with Crippen LogP contribution in [-0.2, 0) is 5.41 Å². The van der Waals surface area contributed by atoms with Crippen molar-refractivity contribution in [3.05, 3.63) is 66.0 Å². The minimum atomic E-state index is -0.340. The predicted molar refractivity (Wildman–Crippen MR) is 96.5 cm³/mol. The Balaban J connectivity index is 1.98. The van der Waals surface area contributed by atoms with E-state index in [-0.39, 0.29) is 17.1 Å². The summed E-state index contributed by atoms with van der Waals surface area (Å²) in [6.45, 7) is 6.24. The van der Waals surface area contributed by atoms with Crippen LogP contribution in [0.1, 0.15) is 36.8 Å². The van der Waals surface area contributed by atoms with Crippen LogP contribution in [0.5, 0.6) is 5.75 Å². The first-order valence-electron chi connectivity index (χ1n) is 7.85. The number of aromatic nitrogens is 1. The Hall–Kier alpha value is -2.88. The number of aromatic hydroxyl groups is 1. The van der Waals surface area contributed by atoms with Crippen molar-refractivity contribution in [2.45, 2.75) is 26.2 Å². The second-order valence-corrected chi connectivity index (χ2v) is 6.82. The molecule has 0 saturated heterocycles. The summed E-state index contributed by atoms with van der Waals surface area (Å²) in [7, 11) is 0. The van der Waals surface area contributed by atoms with Gasteiger partial charge in [0.1, 0.15) is 11.4 Å².